The summed E-state index contributed by atoms with van der Waals surface area (Å²) < 4.78 is 1.12. The van der Waals surface area contributed by atoms with Gasteiger partial charge in [-0.3, -0.25) is 0 Å². The molecular formula is C54H57SiZr. The average molecular weight is 825 g/mol. The average Bonchev–Trinajstić information content (AvgIpc) is 3.81. The SMILES string of the molecule is CCCCCC1=Cc2c(-c3ccccc3)ccc(-c3ccccc3)c2[CH]1[Zr]([CH]1C(CCCCC)=Cc2c(-c3ccccc3)ccc(-c3ccccc3)c21)[SiH](C)C. The summed E-state index contributed by atoms with van der Waals surface area (Å²) in [5.41, 5.74) is 21.0. The van der Waals surface area contributed by atoms with Crippen molar-refractivity contribution in [3.63, 3.8) is 0 Å². The summed E-state index contributed by atoms with van der Waals surface area (Å²) in [5, 5.41) is 0. The van der Waals surface area contributed by atoms with E-state index in [0.717, 1.165) is 0 Å². The Bertz CT molecular complexity index is 2140. The summed E-state index contributed by atoms with van der Waals surface area (Å²) >= 11 is -2.53. The summed E-state index contributed by atoms with van der Waals surface area (Å²) in [6.07, 6.45) is 15.5. The van der Waals surface area contributed by atoms with Crippen molar-refractivity contribution in [3.05, 3.63) is 179 Å². The first kappa shape index (κ1) is 38.8. The molecule has 0 fully saturated rings. The van der Waals surface area contributed by atoms with Crippen LogP contribution in [0, 0.1) is 0 Å². The van der Waals surface area contributed by atoms with Gasteiger partial charge in [0, 0.05) is 0 Å². The van der Waals surface area contributed by atoms with Gasteiger partial charge < -0.3 is 0 Å². The molecule has 6 aromatic rings. The van der Waals surface area contributed by atoms with E-state index in [1.54, 1.807) is 22.3 Å². The second-order valence-electron chi connectivity index (χ2n) is 16.3. The van der Waals surface area contributed by atoms with Crippen molar-refractivity contribution in [1.29, 1.82) is 0 Å². The van der Waals surface area contributed by atoms with E-state index in [4.69, 9.17) is 0 Å². The Kier molecular flexibility index (Phi) is 12.5. The minimum absolute atomic E-state index is 0.560. The van der Waals surface area contributed by atoms with Gasteiger partial charge in [-0.25, -0.2) is 0 Å². The Hall–Kier alpha value is -4.10. The van der Waals surface area contributed by atoms with E-state index in [2.05, 4.69) is 185 Å². The molecule has 0 saturated carbocycles. The van der Waals surface area contributed by atoms with E-state index >= 15 is 0 Å². The third kappa shape index (κ3) is 7.77. The Morgan fingerprint density at radius 3 is 1.05 bits per heavy atom. The number of allylic oxidation sites excluding steroid dienone is 2. The molecule has 0 nitrogen and oxygen atoms in total. The quantitative estimate of drug-likeness (QED) is 0.0715. The van der Waals surface area contributed by atoms with Gasteiger partial charge in [-0.1, -0.05) is 0 Å². The Morgan fingerprint density at radius 1 is 0.411 bits per heavy atom. The molecule has 0 bridgehead atoms. The van der Waals surface area contributed by atoms with Gasteiger partial charge in [-0.2, -0.15) is 0 Å². The van der Waals surface area contributed by atoms with Crippen LogP contribution in [0.25, 0.3) is 56.7 Å². The molecule has 56 heavy (non-hydrogen) atoms. The summed E-state index contributed by atoms with van der Waals surface area (Å²) in [7, 11) is 0. The fraction of sp³-hybridized carbons (Fsp3) is 0.259. The van der Waals surface area contributed by atoms with Gasteiger partial charge in [0.05, 0.1) is 0 Å². The first-order chi connectivity index (χ1) is 27.6. The van der Waals surface area contributed by atoms with Gasteiger partial charge in [0.2, 0.25) is 0 Å². The topological polar surface area (TPSA) is 0 Å². The van der Waals surface area contributed by atoms with E-state index < -0.39 is 26.8 Å². The molecule has 281 valence electrons. The maximum absolute atomic E-state index is 2.75. The summed E-state index contributed by atoms with van der Waals surface area (Å²) in [6.45, 7) is 10.2. The second-order valence-corrected chi connectivity index (χ2v) is 36.4. The van der Waals surface area contributed by atoms with Gasteiger partial charge in [0.1, 0.15) is 0 Å². The number of benzene rings is 6. The van der Waals surface area contributed by atoms with Crippen LogP contribution >= 0.6 is 0 Å². The maximum atomic E-state index is 2.75. The predicted molar refractivity (Wildman–Crippen MR) is 243 cm³/mol. The molecule has 0 saturated heterocycles. The van der Waals surface area contributed by atoms with Gasteiger partial charge in [0.25, 0.3) is 0 Å². The van der Waals surface area contributed by atoms with Gasteiger partial charge >= 0.3 is 348 Å². The van der Waals surface area contributed by atoms with E-state index in [9.17, 15) is 0 Å². The molecule has 2 unspecified atom stereocenters. The fourth-order valence-electron chi connectivity index (χ4n) is 9.78. The summed E-state index contributed by atoms with van der Waals surface area (Å²) in [4.78, 5) is 0. The zero-order valence-electron chi connectivity index (χ0n) is 33.9. The van der Waals surface area contributed by atoms with E-state index in [0.29, 0.717) is 7.25 Å². The van der Waals surface area contributed by atoms with Crippen LogP contribution < -0.4 is 0 Å². The number of hydrogen-bond donors (Lipinski definition) is 0. The first-order valence-corrected chi connectivity index (χ1v) is 31.4. The van der Waals surface area contributed by atoms with Crippen LogP contribution in [0.3, 0.4) is 0 Å². The molecule has 0 N–H and O–H groups in total. The number of hydrogen-bond acceptors (Lipinski definition) is 0. The van der Waals surface area contributed by atoms with Crippen LogP contribution in [0.15, 0.2) is 157 Å². The summed E-state index contributed by atoms with van der Waals surface area (Å²) in [6, 6.07) is 55.1. The van der Waals surface area contributed by atoms with E-state index in [1.807, 2.05) is 0 Å². The van der Waals surface area contributed by atoms with Gasteiger partial charge in [-0.05, 0) is 0 Å². The molecule has 6 aromatic carbocycles. The Labute approximate surface area is 345 Å². The van der Waals surface area contributed by atoms with Crippen LogP contribution in [0.2, 0.25) is 13.1 Å². The molecule has 0 heterocycles. The van der Waals surface area contributed by atoms with Crippen molar-refractivity contribution in [3.8, 4) is 44.5 Å². The van der Waals surface area contributed by atoms with Crippen molar-refractivity contribution < 1.29 is 20.9 Å². The van der Waals surface area contributed by atoms with Crippen LogP contribution in [0.5, 0.6) is 0 Å². The summed E-state index contributed by atoms with van der Waals surface area (Å²) in [5.74, 6) is -1.16. The zero-order valence-corrected chi connectivity index (χ0v) is 37.5. The fourth-order valence-corrected chi connectivity index (χ4v) is 32.7. The van der Waals surface area contributed by atoms with E-state index in [-0.39, 0.29) is 0 Å². The molecule has 2 aliphatic carbocycles. The molecule has 2 aliphatic rings. The van der Waals surface area contributed by atoms with Gasteiger partial charge in [-0.15, -0.1) is 0 Å². The molecule has 8 rings (SSSR count). The Balaban J connectivity index is 1.40. The molecule has 0 aliphatic heterocycles. The standard InChI is InChI=1S/2C26H25.C2H7Si.Zr/c2*1-2-3-6-11-20-18-25-23(21-12-7-4-8-13-21)16-17-24(26(25)19-20)22-14-9-5-10-15-22;1-3-2;/h2*4-5,7-10,12-19H,2-3,6,11H2,1H3;3H,1-2H3;. The van der Waals surface area contributed by atoms with Crippen molar-refractivity contribution in [1.82, 2.24) is 0 Å². The molecule has 0 aromatic heterocycles. The van der Waals surface area contributed by atoms with Crippen LogP contribution in [-0.2, 0) is 20.9 Å². The number of rotatable bonds is 15. The number of unbranched alkanes of at least 4 members (excludes halogenated alkanes) is 4. The van der Waals surface area contributed by atoms with Crippen LogP contribution in [0.1, 0.15) is 94.7 Å². The monoisotopic (exact) mass is 823 g/mol. The molecule has 2 heteroatoms. The van der Waals surface area contributed by atoms with E-state index in [1.165, 1.54) is 107 Å². The van der Waals surface area contributed by atoms with Gasteiger partial charge in [0.15, 0.2) is 0 Å². The molecular weight excluding hydrogens is 768 g/mol. The molecule has 0 amide bonds. The van der Waals surface area contributed by atoms with Crippen LogP contribution in [-0.4, -0.2) is 5.92 Å². The Morgan fingerprint density at radius 2 is 0.732 bits per heavy atom. The molecule has 0 spiro atoms. The van der Waals surface area contributed by atoms with Crippen molar-refractivity contribution in [2.24, 2.45) is 0 Å². The molecule has 2 atom stereocenters. The first-order valence-electron chi connectivity index (χ1n) is 21.4. The van der Waals surface area contributed by atoms with Crippen molar-refractivity contribution in [2.45, 2.75) is 85.6 Å². The zero-order chi connectivity index (χ0) is 38.4. The number of fused-ring (bicyclic) bond motifs is 2. The third-order valence-corrected chi connectivity index (χ3v) is 34.0. The third-order valence-electron chi connectivity index (χ3n) is 12.4. The molecule has 0 radical (unpaired) electrons. The second kappa shape index (κ2) is 18.0. The van der Waals surface area contributed by atoms with Crippen LogP contribution in [0.4, 0.5) is 0 Å². The van der Waals surface area contributed by atoms with Crippen molar-refractivity contribution >= 4 is 18.1 Å². The minimum atomic E-state index is -2.53. The van der Waals surface area contributed by atoms with Crippen molar-refractivity contribution in [2.75, 3.05) is 0 Å². The normalized spacial score (nSPS) is 15.7. The predicted octanol–water partition coefficient (Wildman–Crippen LogP) is 15.7.